The van der Waals surface area contributed by atoms with Gasteiger partial charge in [-0.15, -0.1) is 0 Å². The summed E-state index contributed by atoms with van der Waals surface area (Å²) in [7, 11) is 1.92. The van der Waals surface area contributed by atoms with Gasteiger partial charge in [-0.2, -0.15) is 0 Å². The van der Waals surface area contributed by atoms with Gasteiger partial charge in [0, 0.05) is 38.4 Å². The molecule has 1 fully saturated rings. The van der Waals surface area contributed by atoms with Crippen LogP contribution in [0, 0.1) is 5.41 Å². The van der Waals surface area contributed by atoms with Crippen LogP contribution in [-0.4, -0.2) is 42.5 Å². The summed E-state index contributed by atoms with van der Waals surface area (Å²) in [5.74, 6) is 0.292. The van der Waals surface area contributed by atoms with Gasteiger partial charge in [0.2, 0.25) is 5.91 Å². The molecule has 1 N–H and O–H groups in total. The molecular weight excluding hydrogens is 250 g/mol. The van der Waals surface area contributed by atoms with E-state index in [0.29, 0.717) is 5.91 Å². The molecule has 1 aliphatic rings. The largest absolute Gasteiger partial charge is 0.345 e. The van der Waals surface area contributed by atoms with Crippen molar-refractivity contribution in [3.8, 4) is 0 Å². The van der Waals surface area contributed by atoms with Crippen molar-refractivity contribution in [2.24, 2.45) is 5.41 Å². The van der Waals surface area contributed by atoms with Crippen molar-refractivity contribution in [3.63, 3.8) is 0 Å². The van der Waals surface area contributed by atoms with Gasteiger partial charge in [0.25, 0.3) is 0 Å². The predicted molar refractivity (Wildman–Crippen MR) is 80.4 cm³/mol. The second-order valence-electron chi connectivity index (χ2n) is 5.75. The maximum Gasteiger partial charge on any atom is 0.229 e. The molecule has 0 radical (unpaired) electrons. The lowest BCUT2D eigenvalue weighted by atomic mass is 9.81. The van der Waals surface area contributed by atoms with E-state index in [1.54, 1.807) is 6.20 Å². The molecule has 1 unspecified atom stereocenters. The fourth-order valence-electron chi connectivity index (χ4n) is 3.06. The molecule has 0 spiro atoms. The Labute approximate surface area is 121 Å². The van der Waals surface area contributed by atoms with Crippen molar-refractivity contribution in [1.82, 2.24) is 15.2 Å². The minimum Gasteiger partial charge on any atom is -0.345 e. The van der Waals surface area contributed by atoms with E-state index in [9.17, 15) is 4.79 Å². The van der Waals surface area contributed by atoms with E-state index in [2.05, 4.69) is 17.2 Å². The molecular formula is C16H25N3O. The van der Waals surface area contributed by atoms with E-state index in [1.165, 1.54) is 0 Å². The van der Waals surface area contributed by atoms with Gasteiger partial charge in [-0.1, -0.05) is 19.4 Å². The summed E-state index contributed by atoms with van der Waals surface area (Å²) < 4.78 is 0. The first-order chi connectivity index (χ1) is 9.68. The van der Waals surface area contributed by atoms with Crippen molar-refractivity contribution >= 4 is 5.91 Å². The van der Waals surface area contributed by atoms with Gasteiger partial charge in [-0.05, 0) is 31.5 Å². The normalized spacial score (nSPS) is 21.9. The van der Waals surface area contributed by atoms with Crippen LogP contribution in [-0.2, 0) is 11.2 Å². The zero-order valence-electron chi connectivity index (χ0n) is 12.6. The number of carbonyl (C=O) groups is 1. The molecule has 1 amide bonds. The van der Waals surface area contributed by atoms with Crippen molar-refractivity contribution < 1.29 is 4.79 Å². The Kier molecular flexibility index (Phi) is 5.12. The van der Waals surface area contributed by atoms with Crippen molar-refractivity contribution in [2.45, 2.75) is 32.6 Å². The minimum absolute atomic E-state index is 0.173. The second-order valence-corrected chi connectivity index (χ2v) is 5.75. The fraction of sp³-hybridized carbons (Fsp3) is 0.625. The zero-order valence-corrected chi connectivity index (χ0v) is 12.6. The van der Waals surface area contributed by atoms with Crippen LogP contribution in [0.1, 0.15) is 31.9 Å². The van der Waals surface area contributed by atoms with Gasteiger partial charge < -0.3 is 10.2 Å². The lowest BCUT2D eigenvalue weighted by molar-refractivity contribution is -0.140. The molecule has 1 saturated heterocycles. The Hall–Kier alpha value is -1.42. The fourth-order valence-corrected chi connectivity index (χ4v) is 3.06. The number of hydrogen-bond acceptors (Lipinski definition) is 3. The molecule has 1 aromatic heterocycles. The molecule has 2 heterocycles. The Morgan fingerprint density at radius 2 is 2.35 bits per heavy atom. The maximum atomic E-state index is 12.7. The number of pyridine rings is 1. The first-order valence-corrected chi connectivity index (χ1v) is 7.54. The highest BCUT2D eigenvalue weighted by atomic mass is 16.2. The molecule has 1 aromatic rings. The van der Waals surface area contributed by atoms with E-state index in [1.807, 2.05) is 30.1 Å². The standard InChI is InChI=1S/C16H25N3O/c1-3-8-16(9-11-17-13-16)15(20)19(2)12-7-14-6-4-5-10-18-14/h4-6,10,17H,3,7-9,11-13H2,1-2H3. The highest BCUT2D eigenvalue weighted by Gasteiger charge is 2.41. The van der Waals surface area contributed by atoms with E-state index < -0.39 is 0 Å². The van der Waals surface area contributed by atoms with Crippen molar-refractivity contribution in [2.75, 3.05) is 26.7 Å². The first kappa shape index (κ1) is 15.0. The topological polar surface area (TPSA) is 45.2 Å². The van der Waals surface area contributed by atoms with Gasteiger partial charge >= 0.3 is 0 Å². The van der Waals surface area contributed by atoms with Crippen LogP contribution < -0.4 is 5.32 Å². The molecule has 1 atom stereocenters. The van der Waals surface area contributed by atoms with E-state index >= 15 is 0 Å². The molecule has 0 bridgehead atoms. The van der Waals surface area contributed by atoms with Gasteiger partial charge in [0.15, 0.2) is 0 Å². The molecule has 0 saturated carbocycles. The average molecular weight is 275 g/mol. The number of aromatic nitrogens is 1. The van der Waals surface area contributed by atoms with Gasteiger partial charge in [0.1, 0.15) is 0 Å². The maximum absolute atomic E-state index is 12.7. The third-order valence-corrected chi connectivity index (χ3v) is 4.20. The smallest absolute Gasteiger partial charge is 0.229 e. The highest BCUT2D eigenvalue weighted by molar-refractivity contribution is 5.83. The average Bonchev–Trinajstić information content (AvgIpc) is 2.95. The summed E-state index contributed by atoms with van der Waals surface area (Å²) in [5, 5.41) is 3.35. The highest BCUT2D eigenvalue weighted by Crippen LogP contribution is 2.33. The van der Waals surface area contributed by atoms with Gasteiger partial charge in [-0.3, -0.25) is 9.78 Å². The van der Waals surface area contributed by atoms with E-state index in [0.717, 1.165) is 51.0 Å². The first-order valence-electron chi connectivity index (χ1n) is 7.54. The van der Waals surface area contributed by atoms with Crippen LogP contribution in [0.5, 0.6) is 0 Å². The predicted octanol–water partition coefficient (Wildman–Crippen LogP) is 1.86. The van der Waals surface area contributed by atoms with Gasteiger partial charge in [0.05, 0.1) is 5.41 Å². The summed E-state index contributed by atoms with van der Waals surface area (Å²) in [6, 6.07) is 5.92. The van der Waals surface area contributed by atoms with Crippen molar-refractivity contribution in [3.05, 3.63) is 30.1 Å². The molecule has 1 aliphatic heterocycles. The number of rotatable bonds is 6. The Morgan fingerprint density at radius 1 is 1.50 bits per heavy atom. The monoisotopic (exact) mass is 275 g/mol. The van der Waals surface area contributed by atoms with Crippen LogP contribution in [0.4, 0.5) is 0 Å². The molecule has 4 heteroatoms. The van der Waals surface area contributed by atoms with Crippen LogP contribution in [0.2, 0.25) is 0 Å². The molecule has 20 heavy (non-hydrogen) atoms. The minimum atomic E-state index is -0.173. The number of hydrogen-bond donors (Lipinski definition) is 1. The zero-order chi connectivity index (χ0) is 14.4. The lowest BCUT2D eigenvalue weighted by Crippen LogP contribution is -2.44. The van der Waals surface area contributed by atoms with Crippen LogP contribution in [0.15, 0.2) is 24.4 Å². The SMILES string of the molecule is CCCC1(C(=O)N(C)CCc2ccccn2)CCNC1. The molecule has 0 aliphatic carbocycles. The summed E-state index contributed by atoms with van der Waals surface area (Å²) in [6.07, 6.45) is 5.62. The molecule has 0 aromatic carbocycles. The Bertz CT molecular complexity index is 427. The summed E-state index contributed by atoms with van der Waals surface area (Å²) in [4.78, 5) is 18.9. The van der Waals surface area contributed by atoms with Gasteiger partial charge in [-0.25, -0.2) is 0 Å². The number of likely N-dealkylation sites (N-methyl/N-ethyl adjacent to an activating group) is 1. The third-order valence-electron chi connectivity index (χ3n) is 4.20. The Balaban J connectivity index is 1.93. The van der Waals surface area contributed by atoms with Crippen LogP contribution >= 0.6 is 0 Å². The molecule has 2 rings (SSSR count). The molecule has 110 valence electrons. The van der Waals surface area contributed by atoms with Crippen molar-refractivity contribution in [1.29, 1.82) is 0 Å². The van der Waals surface area contributed by atoms with E-state index in [4.69, 9.17) is 0 Å². The number of amides is 1. The number of nitrogens with zero attached hydrogens (tertiary/aromatic N) is 2. The second kappa shape index (κ2) is 6.84. The number of nitrogens with one attached hydrogen (secondary N) is 1. The third kappa shape index (κ3) is 3.37. The van der Waals surface area contributed by atoms with Crippen LogP contribution in [0.3, 0.4) is 0 Å². The molecule has 4 nitrogen and oxygen atoms in total. The number of carbonyl (C=O) groups excluding carboxylic acids is 1. The lowest BCUT2D eigenvalue weighted by Gasteiger charge is -2.31. The van der Waals surface area contributed by atoms with Crippen LogP contribution in [0.25, 0.3) is 0 Å². The quantitative estimate of drug-likeness (QED) is 0.862. The Morgan fingerprint density at radius 3 is 2.95 bits per heavy atom. The van der Waals surface area contributed by atoms with E-state index in [-0.39, 0.29) is 5.41 Å². The summed E-state index contributed by atoms with van der Waals surface area (Å²) in [5.41, 5.74) is 0.870. The summed E-state index contributed by atoms with van der Waals surface area (Å²) >= 11 is 0. The summed E-state index contributed by atoms with van der Waals surface area (Å²) in [6.45, 7) is 4.68.